The van der Waals surface area contributed by atoms with Gasteiger partial charge in [-0.05, 0) is 19.3 Å². The summed E-state index contributed by atoms with van der Waals surface area (Å²) in [5, 5.41) is 31.5. The van der Waals surface area contributed by atoms with Gasteiger partial charge in [-0.1, -0.05) is 64.2 Å². The van der Waals surface area contributed by atoms with Crippen LogP contribution < -0.4 is 10.6 Å². The van der Waals surface area contributed by atoms with Crippen molar-refractivity contribution < 1.29 is 48.8 Å². The number of hydrogen-bond acceptors (Lipinski definition) is 7. The number of carboxylic acids is 3. The third-order valence-corrected chi connectivity index (χ3v) is 6.00. The number of carbonyl (C=O) groups excluding carboxylic acids is 2. The lowest BCUT2D eigenvalue weighted by molar-refractivity contribution is -0.143. The van der Waals surface area contributed by atoms with Crippen LogP contribution in [0.1, 0.15) is 103 Å². The highest BCUT2D eigenvalue weighted by Crippen LogP contribution is 2.13. The van der Waals surface area contributed by atoms with Crippen LogP contribution in [-0.2, 0) is 33.4 Å². The van der Waals surface area contributed by atoms with Gasteiger partial charge in [0.15, 0.2) is 0 Å². The highest BCUT2D eigenvalue weighted by molar-refractivity contribution is 5.84. The van der Waals surface area contributed by atoms with Crippen molar-refractivity contribution in [1.82, 2.24) is 10.6 Å². The minimum Gasteiger partial charge on any atom is -0.481 e. The summed E-state index contributed by atoms with van der Waals surface area (Å²) in [6.07, 6.45) is 12.9. The molecule has 0 heterocycles. The first-order valence-electron chi connectivity index (χ1n) is 14.1. The second kappa shape index (κ2) is 25.5. The zero-order valence-electron chi connectivity index (χ0n) is 23.1. The van der Waals surface area contributed by atoms with Crippen LogP contribution in [0.25, 0.3) is 0 Å². The van der Waals surface area contributed by atoms with Gasteiger partial charge in [0, 0.05) is 25.8 Å². The number of carbonyl (C=O) groups is 5. The quantitative estimate of drug-likeness (QED) is 0.0889. The number of ether oxygens (including phenoxy) is 2. The van der Waals surface area contributed by atoms with Crippen molar-refractivity contribution in [2.45, 2.75) is 109 Å². The molecule has 0 aliphatic rings. The zero-order valence-corrected chi connectivity index (χ0v) is 23.1. The maximum atomic E-state index is 12.1. The SMILES string of the molecule is O=C(O)CCCCCCCCCCCCCCC(=O)N[C@@H](CCC(=O)NCCOCCOCC(=O)O)C(=O)O. The van der Waals surface area contributed by atoms with Crippen LogP contribution in [-0.4, -0.2) is 84.1 Å². The highest BCUT2D eigenvalue weighted by atomic mass is 16.5. The van der Waals surface area contributed by atoms with Gasteiger partial charge in [0.25, 0.3) is 0 Å². The molecule has 0 aliphatic carbocycles. The van der Waals surface area contributed by atoms with Crippen molar-refractivity contribution in [3.8, 4) is 0 Å². The zero-order chi connectivity index (χ0) is 29.1. The Balaban J connectivity index is 3.70. The first-order valence-corrected chi connectivity index (χ1v) is 14.1. The minimum absolute atomic E-state index is 0.0148. The van der Waals surface area contributed by atoms with Gasteiger partial charge in [-0.25, -0.2) is 9.59 Å². The molecule has 1 atom stereocenters. The van der Waals surface area contributed by atoms with E-state index in [1.54, 1.807) is 0 Å². The molecule has 0 saturated carbocycles. The molecule has 0 spiro atoms. The fourth-order valence-electron chi connectivity index (χ4n) is 3.86. The molecular weight excluding hydrogens is 512 g/mol. The molecule has 12 heteroatoms. The van der Waals surface area contributed by atoms with Crippen LogP contribution in [0.5, 0.6) is 0 Å². The van der Waals surface area contributed by atoms with E-state index >= 15 is 0 Å². The van der Waals surface area contributed by atoms with E-state index in [4.69, 9.17) is 19.7 Å². The number of carboxylic acid groups (broad SMARTS) is 3. The molecular formula is C27H48N2O10. The van der Waals surface area contributed by atoms with E-state index in [1.165, 1.54) is 19.3 Å². The summed E-state index contributed by atoms with van der Waals surface area (Å²) >= 11 is 0. The number of hydrogen-bond donors (Lipinski definition) is 5. The lowest BCUT2D eigenvalue weighted by atomic mass is 10.0. The average Bonchev–Trinajstić information content (AvgIpc) is 2.87. The average molecular weight is 561 g/mol. The van der Waals surface area contributed by atoms with Gasteiger partial charge in [0.1, 0.15) is 12.6 Å². The first-order chi connectivity index (χ1) is 18.7. The molecule has 0 aliphatic heterocycles. The van der Waals surface area contributed by atoms with Crippen molar-refractivity contribution in [2.24, 2.45) is 0 Å². The Bertz CT molecular complexity index is 702. The molecule has 39 heavy (non-hydrogen) atoms. The number of amides is 2. The lowest BCUT2D eigenvalue weighted by Crippen LogP contribution is -2.41. The second-order valence-corrected chi connectivity index (χ2v) is 9.54. The third kappa shape index (κ3) is 26.7. The Kier molecular flexibility index (Phi) is 23.8. The predicted molar refractivity (Wildman–Crippen MR) is 143 cm³/mol. The van der Waals surface area contributed by atoms with E-state index in [0.717, 1.165) is 51.4 Å². The Morgan fingerprint density at radius 3 is 1.59 bits per heavy atom. The molecule has 0 rings (SSSR count). The molecule has 0 bridgehead atoms. The van der Waals surface area contributed by atoms with E-state index in [0.29, 0.717) is 6.42 Å². The third-order valence-electron chi connectivity index (χ3n) is 6.00. The Labute approximate surface area is 231 Å². The van der Waals surface area contributed by atoms with Crippen LogP contribution in [0.15, 0.2) is 0 Å². The smallest absolute Gasteiger partial charge is 0.329 e. The van der Waals surface area contributed by atoms with Crippen molar-refractivity contribution in [3.05, 3.63) is 0 Å². The van der Waals surface area contributed by atoms with E-state index in [-0.39, 0.29) is 63.9 Å². The van der Waals surface area contributed by atoms with E-state index in [2.05, 4.69) is 10.6 Å². The molecule has 12 nitrogen and oxygen atoms in total. The lowest BCUT2D eigenvalue weighted by Gasteiger charge is -2.14. The van der Waals surface area contributed by atoms with Gasteiger partial charge in [-0.3, -0.25) is 14.4 Å². The number of aliphatic carboxylic acids is 3. The van der Waals surface area contributed by atoms with E-state index < -0.39 is 30.6 Å². The summed E-state index contributed by atoms with van der Waals surface area (Å²) in [6.45, 7) is 0.345. The summed E-state index contributed by atoms with van der Waals surface area (Å²) in [6, 6.07) is -1.12. The van der Waals surface area contributed by atoms with E-state index in [9.17, 15) is 29.1 Å². The van der Waals surface area contributed by atoms with Crippen LogP contribution in [0.2, 0.25) is 0 Å². The number of rotatable bonds is 28. The van der Waals surface area contributed by atoms with Crippen LogP contribution in [0.3, 0.4) is 0 Å². The van der Waals surface area contributed by atoms with E-state index in [1.807, 2.05) is 0 Å². The maximum Gasteiger partial charge on any atom is 0.329 e. The van der Waals surface area contributed by atoms with Crippen molar-refractivity contribution in [1.29, 1.82) is 0 Å². The second-order valence-electron chi connectivity index (χ2n) is 9.54. The number of nitrogens with one attached hydrogen (secondary N) is 2. The summed E-state index contributed by atoms with van der Waals surface area (Å²) in [4.78, 5) is 56.2. The molecule has 0 aromatic heterocycles. The first kappa shape index (κ1) is 36.3. The van der Waals surface area contributed by atoms with Gasteiger partial charge < -0.3 is 35.4 Å². The van der Waals surface area contributed by atoms with Gasteiger partial charge in [0.05, 0.1) is 19.8 Å². The van der Waals surface area contributed by atoms with Crippen LogP contribution in [0.4, 0.5) is 0 Å². The highest BCUT2D eigenvalue weighted by Gasteiger charge is 2.20. The summed E-state index contributed by atoms with van der Waals surface area (Å²) in [5.74, 6) is -3.64. The van der Waals surface area contributed by atoms with Gasteiger partial charge >= 0.3 is 17.9 Å². The Hall–Kier alpha value is -2.73. The summed E-state index contributed by atoms with van der Waals surface area (Å²) in [5.41, 5.74) is 0. The molecule has 2 amide bonds. The van der Waals surface area contributed by atoms with Crippen LogP contribution >= 0.6 is 0 Å². The molecule has 0 aromatic carbocycles. The molecule has 226 valence electrons. The largest absolute Gasteiger partial charge is 0.481 e. The molecule has 0 fully saturated rings. The maximum absolute atomic E-state index is 12.1. The van der Waals surface area contributed by atoms with Crippen molar-refractivity contribution in [3.63, 3.8) is 0 Å². The Morgan fingerprint density at radius 2 is 1.08 bits per heavy atom. The molecule has 5 N–H and O–H groups in total. The van der Waals surface area contributed by atoms with Crippen molar-refractivity contribution >= 4 is 29.7 Å². The molecule has 0 radical (unpaired) electrons. The van der Waals surface area contributed by atoms with Crippen LogP contribution in [0, 0.1) is 0 Å². The minimum atomic E-state index is -1.18. The topological polar surface area (TPSA) is 189 Å². The standard InChI is InChI=1S/C27H48N2O10/c30-23(28-17-18-38-19-20-39-21-26(34)35)16-15-22(27(36)37)29-24(31)13-11-9-7-5-3-1-2-4-6-8-10-12-14-25(32)33/h22H,1-21H2,(H,28,30)(H,29,31)(H,32,33)(H,34,35)(H,36,37)/t22-/m0/s1. The van der Waals surface area contributed by atoms with Gasteiger partial charge in [-0.15, -0.1) is 0 Å². The predicted octanol–water partition coefficient (Wildman–Crippen LogP) is 3.12. The van der Waals surface area contributed by atoms with Gasteiger partial charge in [0.2, 0.25) is 11.8 Å². The normalized spacial score (nSPS) is 11.6. The van der Waals surface area contributed by atoms with Crippen molar-refractivity contribution in [2.75, 3.05) is 33.0 Å². The summed E-state index contributed by atoms with van der Waals surface area (Å²) in [7, 11) is 0. The Morgan fingerprint density at radius 1 is 0.564 bits per heavy atom. The number of unbranched alkanes of at least 4 members (excludes halogenated alkanes) is 11. The van der Waals surface area contributed by atoms with Gasteiger partial charge in [-0.2, -0.15) is 0 Å². The summed E-state index contributed by atoms with van der Waals surface area (Å²) < 4.78 is 9.99. The fraction of sp³-hybridized carbons (Fsp3) is 0.815. The fourth-order valence-corrected chi connectivity index (χ4v) is 3.86. The monoisotopic (exact) mass is 560 g/mol. The molecule has 0 unspecified atom stereocenters. The molecule has 0 saturated heterocycles. The molecule has 0 aromatic rings.